The molecule has 1 aromatic carbocycles. The van der Waals surface area contributed by atoms with E-state index in [1.807, 2.05) is 25.3 Å². The number of carbonyl (C=O) groups is 2. The lowest BCUT2D eigenvalue weighted by atomic mass is 10.2. The Labute approximate surface area is 205 Å². The molecule has 4 heterocycles. The number of oxazole rings is 1. The summed E-state index contributed by atoms with van der Waals surface area (Å²) in [5.41, 5.74) is 7.34. The number of nitrogens with one attached hydrogen (secondary N) is 1. The number of benzene rings is 1. The number of nitrogens with two attached hydrogens (primary N) is 1. The van der Waals surface area contributed by atoms with E-state index >= 15 is 0 Å². The van der Waals surface area contributed by atoms with E-state index in [1.165, 1.54) is 6.33 Å². The molecule has 182 valence electrons. The first-order chi connectivity index (χ1) is 16.6. The van der Waals surface area contributed by atoms with Crippen LogP contribution < -0.4 is 11.1 Å². The topological polar surface area (TPSA) is 141 Å². The monoisotopic (exact) mass is 497 g/mol. The van der Waals surface area contributed by atoms with E-state index < -0.39 is 11.5 Å². The number of likely N-dealkylation sites (tertiary alicyclic amines) is 1. The molecule has 1 aliphatic heterocycles. The molecular weight excluding hydrogens is 474 g/mol. The van der Waals surface area contributed by atoms with Crippen molar-refractivity contribution >= 4 is 57.6 Å². The van der Waals surface area contributed by atoms with Gasteiger partial charge in [0.2, 0.25) is 0 Å². The minimum absolute atomic E-state index is 0.0283. The maximum atomic E-state index is 13.2. The maximum absolute atomic E-state index is 13.2. The molecule has 12 heteroatoms. The molecule has 0 spiro atoms. The number of nitrogens with zero attached hydrogens (tertiary/aromatic N) is 5. The number of hydrogen-bond acceptors (Lipinski definition) is 8. The van der Waals surface area contributed by atoms with Gasteiger partial charge in [-0.25, -0.2) is 14.8 Å². The number of rotatable bonds is 3. The van der Waals surface area contributed by atoms with E-state index in [0.717, 1.165) is 0 Å². The van der Waals surface area contributed by atoms with E-state index in [4.69, 9.17) is 26.5 Å². The minimum atomic E-state index is -0.585. The van der Waals surface area contributed by atoms with Gasteiger partial charge in [0.05, 0.1) is 17.0 Å². The quantitative estimate of drug-likeness (QED) is 0.428. The summed E-state index contributed by atoms with van der Waals surface area (Å²) in [6.07, 6.45) is 3.31. The van der Waals surface area contributed by atoms with Crippen LogP contribution in [0.25, 0.3) is 22.1 Å². The van der Waals surface area contributed by atoms with Crippen LogP contribution in [0.4, 0.5) is 16.6 Å². The lowest BCUT2D eigenvalue weighted by Crippen LogP contribution is -2.35. The fourth-order valence-electron chi connectivity index (χ4n) is 4.14. The molecule has 1 aliphatic rings. The number of hydrogen-bond donors (Lipinski definition) is 2. The number of amides is 2. The van der Waals surface area contributed by atoms with Crippen LogP contribution in [-0.2, 0) is 4.74 Å². The third kappa shape index (κ3) is 4.46. The van der Waals surface area contributed by atoms with E-state index in [0.29, 0.717) is 46.7 Å². The highest BCUT2D eigenvalue weighted by atomic mass is 35.5. The lowest BCUT2D eigenvalue weighted by Gasteiger charge is -2.24. The van der Waals surface area contributed by atoms with Gasteiger partial charge >= 0.3 is 12.1 Å². The highest BCUT2D eigenvalue weighted by Gasteiger charge is 2.33. The first kappa shape index (κ1) is 22.9. The number of halogens is 1. The first-order valence-electron chi connectivity index (χ1n) is 11.1. The Morgan fingerprint density at radius 2 is 2.09 bits per heavy atom. The molecule has 11 nitrogen and oxygen atoms in total. The third-order valence-corrected chi connectivity index (χ3v) is 5.90. The fourth-order valence-corrected chi connectivity index (χ4v) is 4.30. The van der Waals surface area contributed by atoms with Gasteiger partial charge in [-0.2, -0.15) is 4.98 Å². The van der Waals surface area contributed by atoms with Crippen LogP contribution >= 0.6 is 11.6 Å². The lowest BCUT2D eigenvalue weighted by molar-refractivity contribution is 0.0289. The summed E-state index contributed by atoms with van der Waals surface area (Å²) >= 11 is 6.01. The van der Waals surface area contributed by atoms with Gasteiger partial charge in [-0.05, 0) is 45.4 Å². The Bertz CT molecular complexity index is 1460. The van der Waals surface area contributed by atoms with Gasteiger partial charge < -0.3 is 24.4 Å². The zero-order valence-electron chi connectivity index (χ0n) is 19.4. The van der Waals surface area contributed by atoms with Crippen LogP contribution in [0.5, 0.6) is 0 Å². The van der Waals surface area contributed by atoms with Gasteiger partial charge in [0.25, 0.3) is 5.91 Å². The van der Waals surface area contributed by atoms with Gasteiger partial charge in [0.1, 0.15) is 28.9 Å². The molecule has 3 N–H and O–H groups in total. The van der Waals surface area contributed by atoms with Gasteiger partial charge in [-0.1, -0.05) is 11.6 Å². The number of fused-ring (bicyclic) bond motifs is 2. The molecule has 35 heavy (non-hydrogen) atoms. The first-order valence-corrected chi connectivity index (χ1v) is 11.4. The SMILES string of the molecule is CC(C)(C)OC(=O)N1CCC(n2cc(C(=O)Nc3nc4cc(Cl)ccc4o3)c3c(N)ncnc32)C1. The minimum Gasteiger partial charge on any atom is -0.444 e. The molecule has 3 aromatic heterocycles. The number of aromatic nitrogens is 4. The number of ether oxygens (including phenoxy) is 1. The van der Waals surface area contributed by atoms with Crippen LogP contribution in [0.2, 0.25) is 5.02 Å². The molecule has 5 rings (SSSR count). The summed E-state index contributed by atoms with van der Waals surface area (Å²) in [4.78, 5) is 40.1. The average Bonchev–Trinajstić information content (AvgIpc) is 3.48. The summed E-state index contributed by atoms with van der Waals surface area (Å²) in [5, 5.41) is 3.60. The van der Waals surface area contributed by atoms with E-state index in [-0.39, 0.29) is 29.5 Å². The molecule has 1 unspecified atom stereocenters. The summed E-state index contributed by atoms with van der Waals surface area (Å²) in [5.74, 6) is -0.305. The molecule has 1 atom stereocenters. The van der Waals surface area contributed by atoms with E-state index in [9.17, 15) is 9.59 Å². The Morgan fingerprint density at radius 3 is 2.86 bits per heavy atom. The van der Waals surface area contributed by atoms with Crippen molar-refractivity contribution in [3.05, 3.63) is 41.3 Å². The van der Waals surface area contributed by atoms with Gasteiger partial charge in [0, 0.05) is 24.3 Å². The molecule has 0 aliphatic carbocycles. The Kier molecular flexibility index (Phi) is 5.51. The number of nitrogen functional groups attached to an aromatic ring is 1. The van der Waals surface area contributed by atoms with E-state index in [1.54, 1.807) is 29.3 Å². The van der Waals surface area contributed by atoms with Crippen LogP contribution in [0.3, 0.4) is 0 Å². The summed E-state index contributed by atoms with van der Waals surface area (Å²) < 4.78 is 13.0. The molecule has 1 fully saturated rings. The van der Waals surface area contributed by atoms with Gasteiger partial charge in [-0.15, -0.1) is 0 Å². The van der Waals surface area contributed by atoms with Crippen molar-refractivity contribution in [3.8, 4) is 0 Å². The van der Waals surface area contributed by atoms with E-state index in [2.05, 4.69) is 20.3 Å². The zero-order chi connectivity index (χ0) is 24.9. The van der Waals surface area contributed by atoms with Gasteiger partial charge in [0.15, 0.2) is 5.58 Å². The van der Waals surface area contributed by atoms with Crippen molar-refractivity contribution in [1.82, 2.24) is 24.4 Å². The largest absolute Gasteiger partial charge is 0.444 e. The van der Waals surface area contributed by atoms with Crippen LogP contribution in [0, 0.1) is 0 Å². The van der Waals surface area contributed by atoms with Gasteiger partial charge in [-0.3, -0.25) is 10.1 Å². The number of anilines is 2. The predicted molar refractivity (Wildman–Crippen MR) is 130 cm³/mol. The predicted octanol–water partition coefficient (Wildman–Crippen LogP) is 4.24. The summed E-state index contributed by atoms with van der Waals surface area (Å²) in [6, 6.07) is 4.90. The van der Waals surface area contributed by atoms with Crippen molar-refractivity contribution in [2.45, 2.75) is 38.8 Å². The van der Waals surface area contributed by atoms with Crippen molar-refractivity contribution in [3.63, 3.8) is 0 Å². The van der Waals surface area contributed by atoms with Crippen molar-refractivity contribution in [2.24, 2.45) is 0 Å². The fraction of sp³-hybridized carbons (Fsp3) is 0.348. The molecule has 0 saturated carbocycles. The summed E-state index contributed by atoms with van der Waals surface area (Å²) in [7, 11) is 0. The second kappa shape index (κ2) is 8.42. The smallest absolute Gasteiger partial charge is 0.410 e. The maximum Gasteiger partial charge on any atom is 0.410 e. The van der Waals surface area contributed by atoms with Crippen LogP contribution in [0.1, 0.15) is 43.6 Å². The van der Waals surface area contributed by atoms with Crippen molar-refractivity contribution < 1.29 is 18.7 Å². The Morgan fingerprint density at radius 1 is 1.29 bits per heavy atom. The molecule has 1 saturated heterocycles. The molecular formula is C23H24ClN7O4. The normalized spacial score (nSPS) is 16.2. The Balaban J connectivity index is 1.44. The second-order valence-electron chi connectivity index (χ2n) is 9.36. The summed E-state index contributed by atoms with van der Waals surface area (Å²) in [6.45, 7) is 6.41. The zero-order valence-corrected chi connectivity index (χ0v) is 20.2. The molecule has 0 radical (unpaired) electrons. The van der Waals surface area contributed by atoms with Crippen LogP contribution in [-0.4, -0.2) is 55.1 Å². The number of carbonyl (C=O) groups excluding carboxylic acids is 2. The third-order valence-electron chi connectivity index (χ3n) is 5.66. The second-order valence-corrected chi connectivity index (χ2v) is 9.80. The highest BCUT2D eigenvalue weighted by Crippen LogP contribution is 2.32. The molecule has 0 bridgehead atoms. The average molecular weight is 498 g/mol. The van der Waals surface area contributed by atoms with Crippen LogP contribution in [0.15, 0.2) is 35.1 Å². The molecule has 2 amide bonds. The highest BCUT2D eigenvalue weighted by molar-refractivity contribution is 6.31. The van der Waals surface area contributed by atoms with Crippen molar-refractivity contribution in [1.29, 1.82) is 0 Å². The van der Waals surface area contributed by atoms with Crippen molar-refractivity contribution in [2.75, 3.05) is 24.1 Å². The Hall–Kier alpha value is -3.86. The standard InChI is InChI=1S/C23H24ClN7O4/c1-23(2,3)35-22(33)30-7-6-13(9-30)31-10-14(17-18(25)26-11-27-19(17)31)20(32)29-21-28-15-8-12(24)4-5-16(15)34-21/h4-5,8,10-11,13H,6-7,9H2,1-3H3,(H2,25,26,27)(H,28,29,32). The molecule has 4 aromatic rings.